The molecule has 0 bridgehead atoms. The van der Waals surface area contributed by atoms with Gasteiger partial charge in [-0.3, -0.25) is 4.79 Å². The second kappa shape index (κ2) is 5.86. The lowest BCUT2D eigenvalue weighted by atomic mass is 9.93. The molecule has 0 atom stereocenters. The quantitative estimate of drug-likeness (QED) is 0.817. The Morgan fingerprint density at radius 1 is 1.21 bits per heavy atom. The van der Waals surface area contributed by atoms with Crippen molar-refractivity contribution in [3.05, 3.63) is 6.07 Å². The van der Waals surface area contributed by atoms with Gasteiger partial charge in [0.1, 0.15) is 5.78 Å². The molecule has 2 rings (SSSR count). The second-order valence-corrected chi connectivity index (χ2v) is 4.62. The highest BCUT2D eigenvalue weighted by molar-refractivity contribution is 5.78. The summed E-state index contributed by atoms with van der Waals surface area (Å²) in [6.45, 7) is 3.21. The molecule has 1 aliphatic heterocycles. The summed E-state index contributed by atoms with van der Waals surface area (Å²) in [5.41, 5.74) is 0. The Morgan fingerprint density at radius 3 is 2.16 bits per heavy atom. The molecule has 0 aromatic carbocycles. The van der Waals surface area contributed by atoms with Crippen LogP contribution in [0.15, 0.2) is 6.07 Å². The molecule has 1 aromatic heterocycles. The fraction of sp³-hybridized carbons (Fsp3) is 0.615. The minimum Gasteiger partial charge on any atom is -0.481 e. The molecule has 0 unspecified atom stereocenters. The van der Waals surface area contributed by atoms with Gasteiger partial charge in [-0.2, -0.15) is 9.97 Å². The van der Waals surface area contributed by atoms with Gasteiger partial charge in [0.25, 0.3) is 0 Å². The van der Waals surface area contributed by atoms with Crippen LogP contribution in [0.5, 0.6) is 11.8 Å². The van der Waals surface area contributed by atoms with Crippen molar-refractivity contribution in [3.8, 4) is 11.8 Å². The maximum atomic E-state index is 11.4. The number of piperidine rings is 1. The van der Waals surface area contributed by atoms with Gasteiger partial charge >= 0.3 is 0 Å². The number of anilines is 1. The third kappa shape index (κ3) is 3.13. The third-order valence-corrected chi connectivity index (χ3v) is 3.44. The van der Waals surface area contributed by atoms with Gasteiger partial charge < -0.3 is 14.4 Å². The van der Waals surface area contributed by atoms with Crippen LogP contribution in [0.4, 0.5) is 5.95 Å². The standard InChI is InChI=1S/C13H19N3O3/c1-9(17)10-4-6-16(7-5-10)13-14-11(18-2)8-12(15-13)19-3/h8,10H,4-7H2,1-3H3. The van der Waals surface area contributed by atoms with Crippen molar-refractivity contribution in [1.29, 1.82) is 0 Å². The zero-order valence-corrected chi connectivity index (χ0v) is 11.5. The van der Waals surface area contributed by atoms with E-state index < -0.39 is 0 Å². The van der Waals surface area contributed by atoms with Crippen molar-refractivity contribution in [1.82, 2.24) is 9.97 Å². The molecule has 1 fully saturated rings. The van der Waals surface area contributed by atoms with E-state index in [0.717, 1.165) is 25.9 Å². The van der Waals surface area contributed by atoms with E-state index >= 15 is 0 Å². The number of Topliss-reactive ketones (excluding diaryl/α,β-unsaturated/α-hetero) is 1. The zero-order chi connectivity index (χ0) is 13.8. The first kappa shape index (κ1) is 13.6. The second-order valence-electron chi connectivity index (χ2n) is 4.62. The van der Waals surface area contributed by atoms with Crippen molar-refractivity contribution >= 4 is 11.7 Å². The average Bonchev–Trinajstić information content (AvgIpc) is 2.46. The SMILES string of the molecule is COc1cc(OC)nc(N2CCC(C(C)=O)CC2)n1. The minimum atomic E-state index is 0.170. The van der Waals surface area contributed by atoms with Gasteiger partial charge in [-0.25, -0.2) is 0 Å². The monoisotopic (exact) mass is 265 g/mol. The number of methoxy groups -OCH3 is 2. The van der Waals surface area contributed by atoms with E-state index in [1.165, 1.54) is 0 Å². The number of nitrogens with zero attached hydrogens (tertiary/aromatic N) is 3. The fourth-order valence-electron chi connectivity index (χ4n) is 2.23. The predicted octanol–water partition coefficient (Wildman–Crippen LogP) is 1.30. The predicted molar refractivity (Wildman–Crippen MR) is 70.8 cm³/mol. The van der Waals surface area contributed by atoms with Crippen LogP contribution in [-0.2, 0) is 4.79 Å². The van der Waals surface area contributed by atoms with Crippen LogP contribution in [-0.4, -0.2) is 43.1 Å². The molecular formula is C13H19N3O3. The van der Waals surface area contributed by atoms with Crippen molar-refractivity contribution in [2.45, 2.75) is 19.8 Å². The Balaban J connectivity index is 2.12. The lowest BCUT2D eigenvalue weighted by molar-refractivity contribution is -0.121. The van der Waals surface area contributed by atoms with Crippen LogP contribution in [0.3, 0.4) is 0 Å². The van der Waals surface area contributed by atoms with Crippen molar-refractivity contribution in [2.75, 3.05) is 32.2 Å². The largest absolute Gasteiger partial charge is 0.481 e. The Morgan fingerprint density at radius 2 is 1.74 bits per heavy atom. The zero-order valence-electron chi connectivity index (χ0n) is 11.5. The smallest absolute Gasteiger partial charge is 0.231 e. The van der Waals surface area contributed by atoms with Gasteiger partial charge in [0.15, 0.2) is 0 Å². The number of hydrogen-bond donors (Lipinski definition) is 0. The molecule has 0 amide bonds. The number of hydrogen-bond acceptors (Lipinski definition) is 6. The molecule has 0 radical (unpaired) electrons. The van der Waals surface area contributed by atoms with E-state index in [-0.39, 0.29) is 11.7 Å². The Hall–Kier alpha value is -1.85. The first-order valence-corrected chi connectivity index (χ1v) is 6.36. The summed E-state index contributed by atoms with van der Waals surface area (Å²) >= 11 is 0. The fourth-order valence-corrected chi connectivity index (χ4v) is 2.23. The highest BCUT2D eigenvalue weighted by Gasteiger charge is 2.24. The van der Waals surface area contributed by atoms with Crippen LogP contribution in [0, 0.1) is 5.92 Å². The van der Waals surface area contributed by atoms with E-state index in [9.17, 15) is 4.79 Å². The molecular weight excluding hydrogens is 246 g/mol. The molecule has 0 aliphatic carbocycles. The minimum absolute atomic E-state index is 0.170. The highest BCUT2D eigenvalue weighted by Crippen LogP contribution is 2.25. The maximum absolute atomic E-state index is 11.4. The number of ether oxygens (including phenoxy) is 2. The van der Waals surface area contributed by atoms with Gasteiger partial charge in [0.05, 0.1) is 20.3 Å². The van der Waals surface area contributed by atoms with Gasteiger partial charge in [-0.15, -0.1) is 0 Å². The summed E-state index contributed by atoms with van der Waals surface area (Å²) in [5, 5.41) is 0. The van der Waals surface area contributed by atoms with Gasteiger partial charge in [0.2, 0.25) is 17.7 Å². The number of carbonyl (C=O) groups excluding carboxylic acids is 1. The van der Waals surface area contributed by atoms with E-state index in [1.807, 2.05) is 0 Å². The maximum Gasteiger partial charge on any atom is 0.231 e. The van der Waals surface area contributed by atoms with Crippen LogP contribution < -0.4 is 14.4 Å². The number of rotatable bonds is 4. The molecule has 1 aliphatic rings. The molecule has 1 aromatic rings. The summed E-state index contributed by atoms with van der Waals surface area (Å²) in [5.74, 6) is 2.00. The van der Waals surface area contributed by atoms with Crippen LogP contribution >= 0.6 is 0 Å². The summed E-state index contributed by atoms with van der Waals surface area (Å²) in [6, 6.07) is 1.64. The lowest BCUT2D eigenvalue weighted by Crippen LogP contribution is -2.36. The van der Waals surface area contributed by atoms with Crippen molar-refractivity contribution in [3.63, 3.8) is 0 Å². The first-order chi connectivity index (χ1) is 9.13. The van der Waals surface area contributed by atoms with Gasteiger partial charge in [0, 0.05) is 19.0 Å². The molecule has 6 heteroatoms. The molecule has 104 valence electrons. The number of carbonyl (C=O) groups is 1. The highest BCUT2D eigenvalue weighted by atomic mass is 16.5. The number of ketones is 1. The van der Waals surface area contributed by atoms with Crippen LogP contribution in [0.2, 0.25) is 0 Å². The third-order valence-electron chi connectivity index (χ3n) is 3.44. The van der Waals surface area contributed by atoms with E-state index in [4.69, 9.17) is 9.47 Å². The van der Waals surface area contributed by atoms with E-state index in [0.29, 0.717) is 17.7 Å². The van der Waals surface area contributed by atoms with Crippen LogP contribution in [0.1, 0.15) is 19.8 Å². The van der Waals surface area contributed by atoms with Gasteiger partial charge in [-0.1, -0.05) is 0 Å². The molecule has 0 spiro atoms. The Bertz CT molecular complexity index is 434. The van der Waals surface area contributed by atoms with E-state index in [1.54, 1.807) is 27.2 Å². The summed E-state index contributed by atoms with van der Waals surface area (Å²) in [6.07, 6.45) is 1.69. The molecule has 2 heterocycles. The van der Waals surface area contributed by atoms with Crippen LogP contribution in [0.25, 0.3) is 0 Å². The molecule has 6 nitrogen and oxygen atoms in total. The lowest BCUT2D eigenvalue weighted by Gasteiger charge is -2.30. The van der Waals surface area contributed by atoms with Gasteiger partial charge in [-0.05, 0) is 19.8 Å². The Kier molecular flexibility index (Phi) is 4.19. The van der Waals surface area contributed by atoms with Crippen molar-refractivity contribution < 1.29 is 14.3 Å². The van der Waals surface area contributed by atoms with Crippen molar-refractivity contribution in [2.24, 2.45) is 5.92 Å². The number of aromatic nitrogens is 2. The summed E-state index contributed by atoms with van der Waals surface area (Å²) in [4.78, 5) is 22.1. The normalized spacial score (nSPS) is 16.3. The molecule has 1 saturated heterocycles. The molecule has 0 N–H and O–H groups in total. The topological polar surface area (TPSA) is 64.6 Å². The van der Waals surface area contributed by atoms with E-state index in [2.05, 4.69) is 14.9 Å². The average molecular weight is 265 g/mol. The first-order valence-electron chi connectivity index (χ1n) is 6.36. The summed E-state index contributed by atoms with van der Waals surface area (Å²) in [7, 11) is 3.13. The molecule has 19 heavy (non-hydrogen) atoms. The molecule has 0 saturated carbocycles. The Labute approximate surface area is 112 Å². The summed E-state index contributed by atoms with van der Waals surface area (Å²) < 4.78 is 10.3.